The van der Waals surface area contributed by atoms with Crippen LogP contribution in [-0.4, -0.2) is 45.1 Å². The molecule has 8 heteroatoms. The fraction of sp³-hybridized carbons (Fsp3) is 0.545. The summed E-state index contributed by atoms with van der Waals surface area (Å²) in [5.41, 5.74) is 2.23. The Bertz CT molecular complexity index is 889. The SMILES string of the molecule is Cc1ccc(-c2csc(CNC(=O)[C@H]3CCCN(C(=O)OC(C)(C)C)[C@H]3C)n2)cn1. The first kappa shape index (κ1) is 22.2. The van der Waals surface area contributed by atoms with Crippen LogP contribution >= 0.6 is 11.3 Å². The van der Waals surface area contributed by atoms with Crippen LogP contribution in [0.2, 0.25) is 0 Å². The van der Waals surface area contributed by atoms with Gasteiger partial charge in [0, 0.05) is 35.4 Å². The minimum atomic E-state index is -0.554. The van der Waals surface area contributed by atoms with Gasteiger partial charge in [0.05, 0.1) is 18.2 Å². The number of thiazole rings is 1. The number of aryl methyl sites for hydroxylation is 1. The van der Waals surface area contributed by atoms with Crippen molar-refractivity contribution in [2.45, 2.75) is 65.6 Å². The van der Waals surface area contributed by atoms with Gasteiger partial charge in [-0.3, -0.25) is 9.78 Å². The molecule has 2 atom stereocenters. The standard InChI is InChI=1S/C22H30N4O3S/c1-14-8-9-16(11-23-14)18-13-30-19(25-18)12-24-20(27)17-7-6-10-26(15(17)2)21(28)29-22(3,4)5/h8-9,11,13,15,17H,6-7,10,12H2,1-5H3,(H,24,27)/t15-,17-/m0/s1. The highest BCUT2D eigenvalue weighted by molar-refractivity contribution is 7.09. The highest BCUT2D eigenvalue weighted by atomic mass is 32.1. The van der Waals surface area contributed by atoms with Crippen LogP contribution < -0.4 is 5.32 Å². The first-order chi connectivity index (χ1) is 14.1. The van der Waals surface area contributed by atoms with E-state index in [1.165, 1.54) is 11.3 Å². The molecular formula is C22H30N4O3S. The van der Waals surface area contributed by atoms with Crippen LogP contribution in [0.3, 0.4) is 0 Å². The Kier molecular flexibility index (Phi) is 6.75. The minimum Gasteiger partial charge on any atom is -0.444 e. The molecule has 1 fully saturated rings. The Balaban J connectivity index is 1.58. The van der Waals surface area contributed by atoms with Crippen LogP contribution in [0.5, 0.6) is 0 Å². The van der Waals surface area contributed by atoms with Gasteiger partial charge >= 0.3 is 6.09 Å². The molecule has 0 radical (unpaired) electrons. The number of piperidine rings is 1. The monoisotopic (exact) mass is 430 g/mol. The van der Waals surface area contributed by atoms with Gasteiger partial charge in [-0.05, 0) is 59.6 Å². The number of carbonyl (C=O) groups excluding carboxylic acids is 2. The van der Waals surface area contributed by atoms with Crippen molar-refractivity contribution in [1.29, 1.82) is 0 Å². The van der Waals surface area contributed by atoms with Crippen molar-refractivity contribution in [3.05, 3.63) is 34.4 Å². The average Bonchev–Trinajstić information content (AvgIpc) is 3.14. The summed E-state index contributed by atoms with van der Waals surface area (Å²) in [6, 6.07) is 3.74. The largest absolute Gasteiger partial charge is 0.444 e. The number of ether oxygens (including phenoxy) is 1. The Morgan fingerprint density at radius 2 is 2.10 bits per heavy atom. The highest BCUT2D eigenvalue weighted by Gasteiger charge is 2.37. The predicted molar refractivity (Wildman–Crippen MR) is 117 cm³/mol. The second-order valence-electron chi connectivity index (χ2n) is 8.70. The van der Waals surface area contributed by atoms with Crippen molar-refractivity contribution in [3.63, 3.8) is 0 Å². The van der Waals surface area contributed by atoms with E-state index in [2.05, 4.69) is 15.3 Å². The molecule has 0 unspecified atom stereocenters. The van der Waals surface area contributed by atoms with Gasteiger partial charge in [-0.1, -0.05) is 0 Å². The summed E-state index contributed by atoms with van der Waals surface area (Å²) in [5.74, 6) is -0.309. The number of nitrogens with zero attached hydrogens (tertiary/aromatic N) is 3. The van der Waals surface area contributed by atoms with E-state index < -0.39 is 5.60 Å². The fourth-order valence-corrected chi connectivity index (χ4v) is 4.25. The normalized spacial score (nSPS) is 19.4. The van der Waals surface area contributed by atoms with E-state index in [0.29, 0.717) is 13.1 Å². The number of rotatable bonds is 4. The van der Waals surface area contributed by atoms with Crippen molar-refractivity contribution < 1.29 is 14.3 Å². The molecule has 7 nitrogen and oxygen atoms in total. The van der Waals surface area contributed by atoms with Gasteiger partial charge in [0.15, 0.2) is 0 Å². The van der Waals surface area contributed by atoms with Crippen LogP contribution in [0.1, 0.15) is 51.2 Å². The van der Waals surface area contributed by atoms with Gasteiger partial charge in [0.25, 0.3) is 0 Å². The summed E-state index contributed by atoms with van der Waals surface area (Å²) in [5, 5.41) is 5.81. The summed E-state index contributed by atoms with van der Waals surface area (Å²) in [6.07, 6.45) is 2.99. The molecule has 162 valence electrons. The molecule has 0 aromatic carbocycles. The lowest BCUT2D eigenvalue weighted by Gasteiger charge is -2.39. The van der Waals surface area contributed by atoms with Crippen molar-refractivity contribution in [3.8, 4) is 11.3 Å². The lowest BCUT2D eigenvalue weighted by Crippen LogP contribution is -2.52. The average molecular weight is 431 g/mol. The fourth-order valence-electron chi connectivity index (χ4n) is 3.51. The molecule has 0 aliphatic carbocycles. The highest BCUT2D eigenvalue weighted by Crippen LogP contribution is 2.26. The second kappa shape index (κ2) is 9.12. The quantitative estimate of drug-likeness (QED) is 0.787. The first-order valence-corrected chi connectivity index (χ1v) is 11.2. The lowest BCUT2D eigenvalue weighted by atomic mass is 9.89. The first-order valence-electron chi connectivity index (χ1n) is 10.3. The number of likely N-dealkylation sites (tertiary alicyclic amines) is 1. The van der Waals surface area contributed by atoms with E-state index in [0.717, 1.165) is 34.8 Å². The summed E-state index contributed by atoms with van der Waals surface area (Å²) < 4.78 is 5.50. The van der Waals surface area contributed by atoms with Gasteiger partial charge in [-0.25, -0.2) is 9.78 Å². The van der Waals surface area contributed by atoms with E-state index in [1.807, 2.05) is 58.3 Å². The second-order valence-corrected chi connectivity index (χ2v) is 9.64. The smallest absolute Gasteiger partial charge is 0.410 e. The molecule has 1 saturated heterocycles. The number of amides is 2. The van der Waals surface area contributed by atoms with Crippen LogP contribution in [0.25, 0.3) is 11.3 Å². The van der Waals surface area contributed by atoms with Gasteiger partial charge < -0.3 is 15.0 Å². The molecule has 2 aromatic rings. The van der Waals surface area contributed by atoms with Gasteiger partial charge in [-0.2, -0.15) is 0 Å². The molecule has 3 heterocycles. The van der Waals surface area contributed by atoms with E-state index in [-0.39, 0.29) is 24.0 Å². The lowest BCUT2D eigenvalue weighted by molar-refractivity contribution is -0.128. The maximum absolute atomic E-state index is 12.8. The molecule has 1 aliphatic rings. The summed E-state index contributed by atoms with van der Waals surface area (Å²) >= 11 is 1.51. The van der Waals surface area contributed by atoms with Gasteiger partial charge in [0.1, 0.15) is 10.6 Å². The molecular weight excluding hydrogens is 400 g/mol. The van der Waals surface area contributed by atoms with Crippen LogP contribution in [0.4, 0.5) is 4.79 Å². The number of carbonyl (C=O) groups is 2. The maximum atomic E-state index is 12.8. The number of pyridine rings is 1. The van der Waals surface area contributed by atoms with Gasteiger partial charge in [-0.15, -0.1) is 11.3 Å². The summed E-state index contributed by atoms with van der Waals surface area (Å²) in [7, 11) is 0. The zero-order valence-corrected chi connectivity index (χ0v) is 19.1. The molecule has 30 heavy (non-hydrogen) atoms. The Morgan fingerprint density at radius 1 is 1.33 bits per heavy atom. The zero-order chi connectivity index (χ0) is 21.9. The topological polar surface area (TPSA) is 84.4 Å². The number of hydrogen-bond acceptors (Lipinski definition) is 6. The third kappa shape index (κ3) is 5.56. The molecule has 2 amide bonds. The van der Waals surface area contributed by atoms with Crippen LogP contribution in [0.15, 0.2) is 23.7 Å². The molecule has 1 N–H and O–H groups in total. The molecule has 0 saturated carbocycles. The Labute approximate surface area is 181 Å². The summed E-state index contributed by atoms with van der Waals surface area (Å²) in [4.78, 5) is 35.9. The molecule has 1 aliphatic heterocycles. The number of hydrogen-bond donors (Lipinski definition) is 1. The van der Waals surface area contributed by atoms with Crippen LogP contribution in [0, 0.1) is 12.8 Å². The van der Waals surface area contributed by atoms with Crippen molar-refractivity contribution in [1.82, 2.24) is 20.2 Å². The van der Waals surface area contributed by atoms with Crippen molar-refractivity contribution in [2.24, 2.45) is 5.92 Å². The van der Waals surface area contributed by atoms with E-state index >= 15 is 0 Å². The molecule has 0 bridgehead atoms. The Hall–Kier alpha value is -2.48. The molecule has 3 rings (SSSR count). The van der Waals surface area contributed by atoms with Crippen molar-refractivity contribution in [2.75, 3.05) is 6.54 Å². The number of nitrogens with one attached hydrogen (secondary N) is 1. The molecule has 2 aromatic heterocycles. The van der Waals surface area contributed by atoms with Crippen LogP contribution in [-0.2, 0) is 16.1 Å². The van der Waals surface area contributed by atoms with Crippen molar-refractivity contribution >= 4 is 23.3 Å². The van der Waals surface area contributed by atoms with E-state index in [4.69, 9.17) is 4.74 Å². The minimum absolute atomic E-state index is 0.0514. The summed E-state index contributed by atoms with van der Waals surface area (Å²) in [6.45, 7) is 10.4. The Morgan fingerprint density at radius 3 is 2.77 bits per heavy atom. The number of aromatic nitrogens is 2. The predicted octanol–water partition coefficient (Wildman–Crippen LogP) is 4.17. The van der Waals surface area contributed by atoms with E-state index in [9.17, 15) is 9.59 Å². The third-order valence-electron chi connectivity index (χ3n) is 5.13. The van der Waals surface area contributed by atoms with E-state index in [1.54, 1.807) is 4.90 Å². The molecule has 0 spiro atoms. The maximum Gasteiger partial charge on any atom is 0.410 e. The zero-order valence-electron chi connectivity index (χ0n) is 18.3. The third-order valence-corrected chi connectivity index (χ3v) is 5.97. The van der Waals surface area contributed by atoms with Gasteiger partial charge in [0.2, 0.25) is 5.91 Å².